The molecular formula is C22H18ClN3O3S. The Morgan fingerprint density at radius 1 is 1.23 bits per heavy atom. The largest absolute Gasteiger partial charge is 0.493 e. The number of allylic oxidation sites excluding steroid dienone is 1. The number of rotatable bonds is 5. The minimum Gasteiger partial charge on any atom is -0.493 e. The predicted octanol–water partition coefficient (Wildman–Crippen LogP) is 4.50. The molecule has 2 heterocycles. The first kappa shape index (κ1) is 20.1. The van der Waals surface area contributed by atoms with E-state index < -0.39 is 0 Å². The van der Waals surface area contributed by atoms with Crippen molar-refractivity contribution in [2.75, 3.05) is 6.61 Å². The van der Waals surface area contributed by atoms with Crippen LogP contribution in [0.3, 0.4) is 0 Å². The number of benzene rings is 2. The summed E-state index contributed by atoms with van der Waals surface area (Å²) in [5, 5.41) is 19.5. The lowest BCUT2D eigenvalue weighted by Crippen LogP contribution is -2.07. The van der Waals surface area contributed by atoms with Gasteiger partial charge >= 0.3 is 4.87 Å². The molecule has 0 fully saturated rings. The van der Waals surface area contributed by atoms with Gasteiger partial charge in [0, 0.05) is 23.8 Å². The van der Waals surface area contributed by atoms with Crippen LogP contribution in [0.25, 0.3) is 5.57 Å². The Labute approximate surface area is 182 Å². The van der Waals surface area contributed by atoms with Crippen molar-refractivity contribution in [3.63, 3.8) is 0 Å². The van der Waals surface area contributed by atoms with E-state index in [2.05, 4.69) is 10.2 Å². The van der Waals surface area contributed by atoms with E-state index in [1.807, 2.05) is 43.3 Å². The maximum atomic E-state index is 12.2. The molecule has 0 aliphatic carbocycles. The molecule has 8 heteroatoms. The second-order valence-corrected chi connectivity index (χ2v) is 7.87. The molecule has 1 aliphatic heterocycles. The summed E-state index contributed by atoms with van der Waals surface area (Å²) in [5.74, 6) is 0.496. The number of aromatic nitrogens is 1. The summed E-state index contributed by atoms with van der Waals surface area (Å²) in [6.45, 7) is 2.41. The lowest BCUT2D eigenvalue weighted by Gasteiger charge is -2.13. The molecule has 152 valence electrons. The van der Waals surface area contributed by atoms with Gasteiger partial charge in [0.1, 0.15) is 16.3 Å². The Bertz CT molecular complexity index is 1260. The van der Waals surface area contributed by atoms with E-state index in [-0.39, 0.29) is 10.8 Å². The van der Waals surface area contributed by atoms with E-state index in [1.165, 1.54) is 11.6 Å². The van der Waals surface area contributed by atoms with Crippen LogP contribution in [-0.2, 0) is 7.05 Å². The zero-order valence-electron chi connectivity index (χ0n) is 16.3. The van der Waals surface area contributed by atoms with Gasteiger partial charge in [0.05, 0.1) is 17.8 Å². The van der Waals surface area contributed by atoms with Gasteiger partial charge in [-0.2, -0.15) is 5.10 Å². The highest BCUT2D eigenvalue weighted by Gasteiger charge is 2.25. The zero-order valence-corrected chi connectivity index (χ0v) is 17.9. The minimum absolute atomic E-state index is 0.0965. The molecule has 0 saturated carbocycles. The lowest BCUT2D eigenvalue weighted by molar-refractivity contribution is 0.340. The highest BCUT2D eigenvalue weighted by atomic mass is 35.5. The first-order valence-electron chi connectivity index (χ1n) is 9.24. The lowest BCUT2D eigenvalue weighted by atomic mass is 9.93. The molecule has 1 aromatic heterocycles. The fourth-order valence-corrected chi connectivity index (χ4v) is 4.38. The highest BCUT2D eigenvalue weighted by Crippen LogP contribution is 2.37. The third-order valence-electron chi connectivity index (χ3n) is 4.65. The summed E-state index contributed by atoms with van der Waals surface area (Å²) in [7, 11) is 1.54. The van der Waals surface area contributed by atoms with E-state index in [0.717, 1.165) is 22.5 Å². The van der Waals surface area contributed by atoms with Gasteiger partial charge in [0.2, 0.25) is 5.88 Å². The Morgan fingerprint density at radius 2 is 2.00 bits per heavy atom. The molecule has 0 atom stereocenters. The van der Waals surface area contributed by atoms with Crippen LogP contribution in [0.2, 0.25) is 5.02 Å². The summed E-state index contributed by atoms with van der Waals surface area (Å²) in [6.07, 6.45) is 1.63. The summed E-state index contributed by atoms with van der Waals surface area (Å²) in [4.78, 5) is 12.4. The van der Waals surface area contributed by atoms with Crippen LogP contribution in [0.15, 0.2) is 69.1 Å². The van der Waals surface area contributed by atoms with Crippen molar-refractivity contribution in [3.05, 3.63) is 84.8 Å². The third-order valence-corrected chi connectivity index (χ3v) is 5.98. The summed E-state index contributed by atoms with van der Waals surface area (Å²) < 4.78 is 6.74. The summed E-state index contributed by atoms with van der Waals surface area (Å²) >= 11 is 7.35. The van der Waals surface area contributed by atoms with Crippen molar-refractivity contribution >= 4 is 40.4 Å². The van der Waals surface area contributed by atoms with Crippen LogP contribution in [0.5, 0.6) is 11.6 Å². The number of nitrogens with zero attached hydrogens (tertiary/aromatic N) is 3. The van der Waals surface area contributed by atoms with Crippen LogP contribution in [0.4, 0.5) is 0 Å². The van der Waals surface area contributed by atoms with Gasteiger partial charge in [0.15, 0.2) is 0 Å². The zero-order chi connectivity index (χ0) is 21.3. The summed E-state index contributed by atoms with van der Waals surface area (Å²) in [5.41, 5.74) is 3.57. The monoisotopic (exact) mass is 439 g/mol. The van der Waals surface area contributed by atoms with Gasteiger partial charge < -0.3 is 9.84 Å². The van der Waals surface area contributed by atoms with Crippen LogP contribution in [0.1, 0.15) is 22.9 Å². The first-order chi connectivity index (χ1) is 14.5. The van der Waals surface area contributed by atoms with Crippen LogP contribution < -0.4 is 9.61 Å². The molecule has 0 unspecified atom stereocenters. The van der Waals surface area contributed by atoms with E-state index in [0.29, 0.717) is 39.1 Å². The fourth-order valence-electron chi connectivity index (χ4n) is 3.19. The Hall–Kier alpha value is -3.16. The molecule has 30 heavy (non-hydrogen) atoms. The van der Waals surface area contributed by atoms with Crippen LogP contribution in [0, 0.1) is 0 Å². The van der Waals surface area contributed by atoms with E-state index in [4.69, 9.17) is 16.3 Å². The van der Waals surface area contributed by atoms with E-state index in [9.17, 15) is 9.90 Å². The Morgan fingerprint density at radius 3 is 2.63 bits per heavy atom. The smallest absolute Gasteiger partial charge is 0.310 e. The topological polar surface area (TPSA) is 76.2 Å². The molecule has 6 nitrogen and oxygen atoms in total. The molecule has 0 saturated heterocycles. The number of ether oxygens (including phenoxy) is 1. The predicted molar refractivity (Wildman–Crippen MR) is 121 cm³/mol. The molecule has 2 aromatic carbocycles. The van der Waals surface area contributed by atoms with Gasteiger partial charge in [-0.1, -0.05) is 53.3 Å². The minimum atomic E-state index is -0.255. The van der Waals surface area contributed by atoms with Gasteiger partial charge in [-0.3, -0.25) is 9.36 Å². The Kier molecular flexibility index (Phi) is 5.57. The van der Waals surface area contributed by atoms with Crippen molar-refractivity contribution in [2.45, 2.75) is 6.92 Å². The van der Waals surface area contributed by atoms with Crippen LogP contribution in [-0.4, -0.2) is 28.2 Å². The number of hydrogen-bond donors (Lipinski definition) is 1. The molecule has 1 aliphatic rings. The molecule has 0 amide bonds. The molecule has 3 aromatic rings. The van der Waals surface area contributed by atoms with Crippen molar-refractivity contribution in [2.24, 2.45) is 17.3 Å². The second kappa shape index (κ2) is 8.30. The highest BCUT2D eigenvalue weighted by molar-refractivity contribution is 7.11. The normalized spacial score (nSPS) is 14.7. The maximum Gasteiger partial charge on any atom is 0.310 e. The standard InChI is InChI=1S/C22H18ClN3O3S/c1-3-29-17-10-9-14(11-16(17)23)19-15(12-24-25-19)18(13-7-5-4-6-8-13)20-21(27)26(2)22(28)30-20/h4-12,27H,3H2,1-2H3. The quantitative estimate of drug-likeness (QED) is 0.636. The number of aromatic hydroxyl groups is 1. The van der Waals surface area contributed by atoms with Gasteiger partial charge in [-0.05, 0) is 30.7 Å². The average molecular weight is 440 g/mol. The number of thiazole rings is 1. The SMILES string of the molecule is CCOc1ccc(C2=NN=CC2=C(c2ccccc2)c2sc(=O)n(C)c2O)cc1Cl. The van der Waals surface area contributed by atoms with Crippen molar-refractivity contribution < 1.29 is 9.84 Å². The summed E-state index contributed by atoms with van der Waals surface area (Å²) in [6, 6.07) is 15.0. The molecule has 4 rings (SSSR count). The third kappa shape index (κ3) is 3.58. The molecule has 0 radical (unpaired) electrons. The Balaban J connectivity index is 1.92. The van der Waals surface area contributed by atoms with Crippen molar-refractivity contribution in [1.29, 1.82) is 0 Å². The van der Waals surface area contributed by atoms with E-state index in [1.54, 1.807) is 18.3 Å². The van der Waals surface area contributed by atoms with Crippen molar-refractivity contribution in [1.82, 2.24) is 4.57 Å². The second-order valence-electron chi connectivity index (χ2n) is 6.51. The maximum absolute atomic E-state index is 12.2. The van der Waals surface area contributed by atoms with E-state index >= 15 is 0 Å². The van der Waals surface area contributed by atoms with Gasteiger partial charge in [0.25, 0.3) is 0 Å². The van der Waals surface area contributed by atoms with Crippen molar-refractivity contribution in [3.8, 4) is 11.6 Å². The molecule has 0 bridgehead atoms. The van der Waals surface area contributed by atoms with Gasteiger partial charge in [-0.15, -0.1) is 5.10 Å². The van der Waals surface area contributed by atoms with Crippen LogP contribution >= 0.6 is 22.9 Å². The number of hydrogen-bond acceptors (Lipinski definition) is 6. The van der Waals surface area contributed by atoms with Gasteiger partial charge in [-0.25, -0.2) is 0 Å². The first-order valence-corrected chi connectivity index (χ1v) is 10.4. The average Bonchev–Trinajstić information content (AvgIpc) is 3.32. The molecule has 0 spiro atoms. The molecular weight excluding hydrogens is 422 g/mol. The number of halogens is 1. The molecule has 1 N–H and O–H groups in total. The fraction of sp³-hybridized carbons (Fsp3) is 0.136.